The molecule has 3 heterocycles. The number of piperazine rings is 1. The number of nitrogens with zero attached hydrogens (tertiary/aromatic N) is 5. The first kappa shape index (κ1) is 13.8. The van der Waals surface area contributed by atoms with Crippen molar-refractivity contribution in [2.75, 3.05) is 31.1 Å². The Kier molecular flexibility index (Phi) is 4.34. The quantitative estimate of drug-likeness (QED) is 0.878. The summed E-state index contributed by atoms with van der Waals surface area (Å²) >= 11 is 0. The average molecular weight is 281 g/mol. The predicted octanol–water partition coefficient (Wildman–Crippen LogP) is 0.708. The molecular weight excluding hydrogens is 264 g/mol. The molecule has 1 aliphatic rings. The molecule has 0 saturated carbocycles. The van der Waals surface area contributed by atoms with E-state index in [0.29, 0.717) is 0 Å². The van der Waals surface area contributed by atoms with Gasteiger partial charge in [-0.15, -0.1) is 12.4 Å². The van der Waals surface area contributed by atoms with Crippen molar-refractivity contribution in [1.29, 1.82) is 0 Å². The van der Waals surface area contributed by atoms with E-state index in [1.54, 1.807) is 11.0 Å². The number of anilines is 1. The molecule has 2 aromatic heterocycles. The Balaban J connectivity index is 0.00000133. The van der Waals surface area contributed by atoms with Crippen LogP contribution in [0.15, 0.2) is 24.7 Å². The molecule has 0 aromatic carbocycles. The summed E-state index contributed by atoms with van der Waals surface area (Å²) in [6.45, 7) is 4.05. The fourth-order valence-corrected chi connectivity index (χ4v) is 2.07. The van der Waals surface area contributed by atoms with Gasteiger partial charge in [0.05, 0.1) is 0 Å². The van der Waals surface area contributed by atoms with Crippen molar-refractivity contribution >= 4 is 18.2 Å². The van der Waals surface area contributed by atoms with Crippen LogP contribution in [0.2, 0.25) is 0 Å². The molecule has 1 fully saturated rings. The van der Waals surface area contributed by atoms with Gasteiger partial charge in [0.1, 0.15) is 12.1 Å². The van der Waals surface area contributed by atoms with Crippen LogP contribution in [0.4, 0.5) is 5.82 Å². The van der Waals surface area contributed by atoms with Crippen molar-refractivity contribution in [3.05, 3.63) is 24.7 Å². The third-order valence-electron chi connectivity index (χ3n) is 3.05. The molecule has 1 saturated heterocycles. The van der Waals surface area contributed by atoms with Crippen LogP contribution in [0.5, 0.6) is 0 Å². The second-order valence-corrected chi connectivity index (χ2v) is 4.38. The average Bonchev–Trinajstić information content (AvgIpc) is 2.87. The zero-order chi connectivity index (χ0) is 12.4. The van der Waals surface area contributed by atoms with Gasteiger partial charge in [-0.2, -0.15) is 5.10 Å². The number of hydrogen-bond donors (Lipinski definition) is 1. The summed E-state index contributed by atoms with van der Waals surface area (Å²) in [5.74, 6) is 1.74. The highest BCUT2D eigenvalue weighted by molar-refractivity contribution is 5.85. The Hall–Kier alpha value is -1.66. The lowest BCUT2D eigenvalue weighted by Crippen LogP contribution is -2.43. The lowest BCUT2D eigenvalue weighted by molar-refractivity contribution is 0.585. The molecule has 1 aliphatic heterocycles. The fraction of sp³-hybridized carbons (Fsp3) is 0.417. The molecule has 3 rings (SSSR count). The molecule has 2 aromatic rings. The monoisotopic (exact) mass is 280 g/mol. The maximum atomic E-state index is 4.50. The van der Waals surface area contributed by atoms with Gasteiger partial charge in [-0.05, 0) is 12.1 Å². The highest BCUT2D eigenvalue weighted by Gasteiger charge is 2.12. The predicted molar refractivity (Wildman–Crippen MR) is 76.6 cm³/mol. The smallest absolute Gasteiger partial charge is 0.182 e. The summed E-state index contributed by atoms with van der Waals surface area (Å²) in [5, 5.41) is 7.60. The van der Waals surface area contributed by atoms with Crippen LogP contribution >= 0.6 is 12.4 Å². The first-order valence-electron chi connectivity index (χ1n) is 6.11. The van der Waals surface area contributed by atoms with Gasteiger partial charge < -0.3 is 10.2 Å². The lowest BCUT2D eigenvalue weighted by atomic mass is 10.2. The van der Waals surface area contributed by atoms with E-state index in [-0.39, 0.29) is 12.4 Å². The summed E-state index contributed by atoms with van der Waals surface area (Å²) in [4.78, 5) is 11.0. The normalized spacial score (nSPS) is 15.1. The van der Waals surface area contributed by atoms with Gasteiger partial charge in [-0.3, -0.25) is 4.68 Å². The van der Waals surface area contributed by atoms with Gasteiger partial charge in [0.15, 0.2) is 5.82 Å². The Labute approximate surface area is 118 Å². The molecule has 0 bridgehead atoms. The number of aromatic nitrogens is 4. The third-order valence-corrected chi connectivity index (χ3v) is 3.05. The maximum absolute atomic E-state index is 4.50. The van der Waals surface area contributed by atoms with E-state index in [9.17, 15) is 0 Å². The first-order valence-corrected chi connectivity index (χ1v) is 6.11. The fourth-order valence-electron chi connectivity index (χ4n) is 2.07. The topological polar surface area (TPSA) is 58.9 Å². The van der Waals surface area contributed by atoms with E-state index in [1.807, 2.05) is 25.4 Å². The Morgan fingerprint density at radius 3 is 2.53 bits per heavy atom. The molecule has 0 radical (unpaired) electrons. The van der Waals surface area contributed by atoms with Crippen LogP contribution in [0.25, 0.3) is 11.4 Å². The summed E-state index contributed by atoms with van der Waals surface area (Å²) in [7, 11) is 1.86. The summed E-state index contributed by atoms with van der Waals surface area (Å²) in [5.41, 5.74) is 0.953. The number of pyridine rings is 1. The highest BCUT2D eigenvalue weighted by atomic mass is 35.5. The molecule has 7 heteroatoms. The minimum Gasteiger partial charge on any atom is -0.354 e. The van der Waals surface area contributed by atoms with Crippen LogP contribution in [-0.4, -0.2) is 45.9 Å². The Morgan fingerprint density at radius 2 is 1.95 bits per heavy atom. The van der Waals surface area contributed by atoms with Crippen molar-refractivity contribution in [1.82, 2.24) is 25.1 Å². The van der Waals surface area contributed by atoms with Crippen LogP contribution in [0.3, 0.4) is 0 Å². The molecular formula is C12H17ClN6. The number of hydrogen-bond acceptors (Lipinski definition) is 5. The Morgan fingerprint density at radius 1 is 1.16 bits per heavy atom. The largest absolute Gasteiger partial charge is 0.354 e. The number of halogens is 1. The van der Waals surface area contributed by atoms with E-state index < -0.39 is 0 Å². The van der Waals surface area contributed by atoms with Crippen molar-refractivity contribution in [3.8, 4) is 11.4 Å². The third kappa shape index (κ3) is 3.02. The highest BCUT2D eigenvalue weighted by Crippen LogP contribution is 2.17. The van der Waals surface area contributed by atoms with Crippen molar-refractivity contribution in [2.45, 2.75) is 0 Å². The summed E-state index contributed by atoms with van der Waals surface area (Å²) in [6, 6.07) is 4.07. The van der Waals surface area contributed by atoms with Crippen LogP contribution < -0.4 is 10.2 Å². The second-order valence-electron chi connectivity index (χ2n) is 4.38. The van der Waals surface area contributed by atoms with Gasteiger partial charge in [0.25, 0.3) is 0 Å². The van der Waals surface area contributed by atoms with E-state index in [0.717, 1.165) is 43.4 Å². The van der Waals surface area contributed by atoms with Crippen LogP contribution in [0, 0.1) is 0 Å². The molecule has 6 nitrogen and oxygen atoms in total. The minimum atomic E-state index is 0. The first-order chi connectivity index (χ1) is 8.83. The lowest BCUT2D eigenvalue weighted by Gasteiger charge is -2.28. The zero-order valence-electron chi connectivity index (χ0n) is 10.8. The van der Waals surface area contributed by atoms with E-state index in [4.69, 9.17) is 0 Å². The second kappa shape index (κ2) is 5.99. The molecule has 0 amide bonds. The minimum absolute atomic E-state index is 0. The van der Waals surface area contributed by atoms with Crippen molar-refractivity contribution < 1.29 is 0 Å². The molecule has 0 aliphatic carbocycles. The van der Waals surface area contributed by atoms with Crippen LogP contribution in [-0.2, 0) is 7.05 Å². The van der Waals surface area contributed by atoms with E-state index in [2.05, 4.69) is 25.3 Å². The number of nitrogens with one attached hydrogen (secondary N) is 1. The Bertz CT molecular complexity index is 517. The standard InChI is InChI=1S/C12H16N6.ClH/c1-17-9-15-12(16-17)10-2-3-11(14-8-10)18-6-4-13-5-7-18;/h2-3,8-9,13H,4-7H2,1H3;1H. The molecule has 1 N–H and O–H groups in total. The molecule has 0 spiro atoms. The van der Waals surface area contributed by atoms with Gasteiger partial charge in [-0.25, -0.2) is 9.97 Å². The van der Waals surface area contributed by atoms with Gasteiger partial charge in [-0.1, -0.05) is 0 Å². The number of rotatable bonds is 2. The van der Waals surface area contributed by atoms with Crippen molar-refractivity contribution in [2.24, 2.45) is 7.05 Å². The molecule has 19 heavy (non-hydrogen) atoms. The van der Waals surface area contributed by atoms with Gasteiger partial charge in [0.2, 0.25) is 0 Å². The molecule has 102 valence electrons. The van der Waals surface area contributed by atoms with E-state index in [1.165, 1.54) is 0 Å². The molecule has 0 unspecified atom stereocenters. The maximum Gasteiger partial charge on any atom is 0.182 e. The summed E-state index contributed by atoms with van der Waals surface area (Å²) < 4.78 is 1.69. The number of aryl methyl sites for hydroxylation is 1. The zero-order valence-corrected chi connectivity index (χ0v) is 11.6. The molecule has 0 atom stereocenters. The van der Waals surface area contributed by atoms with Gasteiger partial charge >= 0.3 is 0 Å². The van der Waals surface area contributed by atoms with E-state index >= 15 is 0 Å². The van der Waals surface area contributed by atoms with Crippen molar-refractivity contribution in [3.63, 3.8) is 0 Å². The summed E-state index contributed by atoms with van der Waals surface area (Å²) in [6.07, 6.45) is 3.53. The van der Waals surface area contributed by atoms with Gasteiger partial charge in [0, 0.05) is 45.0 Å². The SMILES string of the molecule is Cl.Cn1cnc(-c2ccc(N3CCNCC3)nc2)n1. The van der Waals surface area contributed by atoms with Crippen LogP contribution in [0.1, 0.15) is 0 Å².